The standard InChI is InChI=1S/C16H34N2/c1-5-9-15(17-8-4)14-18-12-10-16(6-2,7-3)11-13-18/h15,17H,5-14H2,1-4H3. The first-order chi connectivity index (χ1) is 8.69. The van der Waals surface area contributed by atoms with E-state index in [4.69, 9.17) is 0 Å². The summed E-state index contributed by atoms with van der Waals surface area (Å²) in [6.45, 7) is 14.2. The van der Waals surface area contributed by atoms with Crippen LogP contribution in [0.5, 0.6) is 0 Å². The molecule has 0 aliphatic carbocycles. The summed E-state index contributed by atoms with van der Waals surface area (Å²) in [7, 11) is 0. The Hall–Kier alpha value is -0.0800. The maximum absolute atomic E-state index is 3.64. The van der Waals surface area contributed by atoms with Gasteiger partial charge in [0.2, 0.25) is 0 Å². The molecule has 0 spiro atoms. The second-order valence-corrected chi connectivity index (χ2v) is 6.05. The lowest BCUT2D eigenvalue weighted by Gasteiger charge is -2.42. The van der Waals surface area contributed by atoms with E-state index in [0.717, 1.165) is 6.54 Å². The van der Waals surface area contributed by atoms with E-state index in [1.54, 1.807) is 0 Å². The monoisotopic (exact) mass is 254 g/mol. The van der Waals surface area contributed by atoms with Gasteiger partial charge in [0.25, 0.3) is 0 Å². The molecule has 1 aliphatic heterocycles. The summed E-state index contributed by atoms with van der Waals surface area (Å²) < 4.78 is 0. The molecular weight excluding hydrogens is 220 g/mol. The third-order valence-electron chi connectivity index (χ3n) is 5.03. The van der Waals surface area contributed by atoms with Crippen molar-refractivity contribution in [3.05, 3.63) is 0 Å². The van der Waals surface area contributed by atoms with Crippen LogP contribution in [0.1, 0.15) is 66.2 Å². The molecule has 18 heavy (non-hydrogen) atoms. The molecule has 2 nitrogen and oxygen atoms in total. The molecule has 1 atom stereocenters. The van der Waals surface area contributed by atoms with Gasteiger partial charge in [0.1, 0.15) is 0 Å². The molecule has 0 aromatic heterocycles. The summed E-state index contributed by atoms with van der Waals surface area (Å²) in [5.74, 6) is 0. The Morgan fingerprint density at radius 1 is 1.06 bits per heavy atom. The van der Waals surface area contributed by atoms with Gasteiger partial charge in [-0.15, -0.1) is 0 Å². The van der Waals surface area contributed by atoms with Crippen LogP contribution in [-0.4, -0.2) is 37.1 Å². The second kappa shape index (κ2) is 8.16. The van der Waals surface area contributed by atoms with E-state index in [2.05, 4.69) is 37.9 Å². The quantitative estimate of drug-likeness (QED) is 0.711. The van der Waals surface area contributed by atoms with Gasteiger partial charge in [-0.2, -0.15) is 0 Å². The van der Waals surface area contributed by atoms with Gasteiger partial charge in [0, 0.05) is 12.6 Å². The molecule has 1 aliphatic rings. The van der Waals surface area contributed by atoms with Gasteiger partial charge in [0.05, 0.1) is 0 Å². The lowest BCUT2D eigenvalue weighted by atomic mass is 9.74. The summed E-state index contributed by atoms with van der Waals surface area (Å²) in [6, 6.07) is 0.704. The minimum absolute atomic E-state index is 0.662. The van der Waals surface area contributed by atoms with Crippen LogP contribution in [0, 0.1) is 5.41 Å². The van der Waals surface area contributed by atoms with E-state index in [9.17, 15) is 0 Å². The number of hydrogen-bond donors (Lipinski definition) is 1. The SMILES string of the molecule is CCCC(CN1CCC(CC)(CC)CC1)NCC. The fraction of sp³-hybridized carbons (Fsp3) is 1.00. The molecule has 2 heteroatoms. The number of hydrogen-bond acceptors (Lipinski definition) is 2. The molecule has 0 radical (unpaired) electrons. The van der Waals surface area contributed by atoms with Crippen LogP contribution in [0.4, 0.5) is 0 Å². The van der Waals surface area contributed by atoms with Crippen molar-refractivity contribution in [3.63, 3.8) is 0 Å². The van der Waals surface area contributed by atoms with Crippen molar-refractivity contribution in [2.45, 2.75) is 72.3 Å². The van der Waals surface area contributed by atoms with E-state index in [1.165, 1.54) is 58.2 Å². The van der Waals surface area contributed by atoms with Crippen LogP contribution in [0.25, 0.3) is 0 Å². The van der Waals surface area contributed by atoms with Gasteiger partial charge in [-0.1, -0.05) is 47.0 Å². The van der Waals surface area contributed by atoms with Gasteiger partial charge in [-0.25, -0.2) is 0 Å². The Morgan fingerprint density at radius 3 is 2.11 bits per heavy atom. The molecular formula is C16H34N2. The number of rotatable bonds is 8. The predicted molar refractivity (Wildman–Crippen MR) is 81.1 cm³/mol. The molecule has 0 amide bonds. The van der Waals surface area contributed by atoms with Crippen LogP contribution in [-0.2, 0) is 0 Å². The Balaban J connectivity index is 2.37. The summed E-state index contributed by atoms with van der Waals surface area (Å²) >= 11 is 0. The number of likely N-dealkylation sites (N-methyl/N-ethyl adjacent to an activating group) is 1. The normalized spacial score (nSPS) is 22.0. The van der Waals surface area contributed by atoms with Gasteiger partial charge in [-0.3, -0.25) is 0 Å². The third kappa shape index (κ3) is 4.55. The fourth-order valence-electron chi connectivity index (χ4n) is 3.37. The van der Waals surface area contributed by atoms with Gasteiger partial charge >= 0.3 is 0 Å². The Labute approximate surface area is 115 Å². The van der Waals surface area contributed by atoms with Crippen LogP contribution >= 0.6 is 0 Å². The van der Waals surface area contributed by atoms with Crippen molar-refractivity contribution in [2.24, 2.45) is 5.41 Å². The molecule has 0 bridgehead atoms. The number of nitrogens with one attached hydrogen (secondary N) is 1. The largest absolute Gasteiger partial charge is 0.313 e. The van der Waals surface area contributed by atoms with Crippen molar-refractivity contribution < 1.29 is 0 Å². The highest BCUT2D eigenvalue weighted by molar-refractivity contribution is 4.85. The molecule has 0 aromatic rings. The Morgan fingerprint density at radius 2 is 1.67 bits per heavy atom. The fourth-order valence-corrected chi connectivity index (χ4v) is 3.37. The van der Waals surface area contributed by atoms with E-state index in [0.29, 0.717) is 11.5 Å². The van der Waals surface area contributed by atoms with Crippen molar-refractivity contribution in [1.29, 1.82) is 0 Å². The molecule has 0 aromatic carbocycles. The van der Waals surface area contributed by atoms with E-state index in [-0.39, 0.29) is 0 Å². The molecule has 1 saturated heterocycles. The summed E-state index contributed by atoms with van der Waals surface area (Å²) in [4.78, 5) is 2.69. The van der Waals surface area contributed by atoms with Crippen LogP contribution in [0.15, 0.2) is 0 Å². The maximum Gasteiger partial charge on any atom is 0.0194 e. The molecule has 1 N–H and O–H groups in total. The van der Waals surface area contributed by atoms with Crippen LogP contribution < -0.4 is 5.32 Å². The molecule has 1 rings (SSSR count). The third-order valence-corrected chi connectivity index (χ3v) is 5.03. The number of likely N-dealkylation sites (tertiary alicyclic amines) is 1. The molecule has 1 fully saturated rings. The van der Waals surface area contributed by atoms with Crippen LogP contribution in [0.3, 0.4) is 0 Å². The zero-order chi connectivity index (χ0) is 13.4. The van der Waals surface area contributed by atoms with Crippen molar-refractivity contribution in [1.82, 2.24) is 10.2 Å². The number of nitrogens with zero attached hydrogens (tertiary/aromatic N) is 1. The first kappa shape index (κ1) is 16.0. The van der Waals surface area contributed by atoms with E-state index >= 15 is 0 Å². The average Bonchev–Trinajstić information content (AvgIpc) is 2.41. The zero-order valence-electron chi connectivity index (χ0n) is 13.1. The summed E-state index contributed by atoms with van der Waals surface area (Å²) in [5.41, 5.74) is 0.662. The Kier molecular flexibility index (Phi) is 7.25. The zero-order valence-corrected chi connectivity index (χ0v) is 13.1. The second-order valence-electron chi connectivity index (χ2n) is 6.05. The predicted octanol–water partition coefficient (Wildman–Crippen LogP) is 3.67. The van der Waals surface area contributed by atoms with Crippen molar-refractivity contribution in [3.8, 4) is 0 Å². The lowest BCUT2D eigenvalue weighted by Crippen LogP contribution is -2.46. The molecule has 0 saturated carbocycles. The lowest BCUT2D eigenvalue weighted by molar-refractivity contribution is 0.0877. The smallest absolute Gasteiger partial charge is 0.0194 e. The minimum Gasteiger partial charge on any atom is -0.313 e. The van der Waals surface area contributed by atoms with E-state index in [1.807, 2.05) is 0 Å². The van der Waals surface area contributed by atoms with Crippen molar-refractivity contribution >= 4 is 0 Å². The van der Waals surface area contributed by atoms with E-state index < -0.39 is 0 Å². The molecule has 1 heterocycles. The topological polar surface area (TPSA) is 15.3 Å². The first-order valence-electron chi connectivity index (χ1n) is 8.15. The highest BCUT2D eigenvalue weighted by atomic mass is 15.2. The summed E-state index contributed by atoms with van der Waals surface area (Å²) in [5, 5.41) is 3.64. The molecule has 1 unspecified atom stereocenters. The Bertz CT molecular complexity index is 195. The van der Waals surface area contributed by atoms with Crippen LogP contribution in [0.2, 0.25) is 0 Å². The van der Waals surface area contributed by atoms with Gasteiger partial charge in [0.15, 0.2) is 0 Å². The average molecular weight is 254 g/mol. The molecule has 108 valence electrons. The number of piperidine rings is 1. The highest BCUT2D eigenvalue weighted by Gasteiger charge is 2.31. The highest BCUT2D eigenvalue weighted by Crippen LogP contribution is 2.37. The maximum atomic E-state index is 3.64. The van der Waals surface area contributed by atoms with Crippen molar-refractivity contribution in [2.75, 3.05) is 26.2 Å². The first-order valence-corrected chi connectivity index (χ1v) is 8.15. The van der Waals surface area contributed by atoms with Gasteiger partial charge in [-0.05, 0) is 44.3 Å². The minimum atomic E-state index is 0.662. The summed E-state index contributed by atoms with van der Waals surface area (Å²) in [6.07, 6.45) is 8.15. The van der Waals surface area contributed by atoms with Gasteiger partial charge < -0.3 is 10.2 Å².